The molecule has 0 spiro atoms. The van der Waals surface area contributed by atoms with Crippen molar-refractivity contribution in [2.24, 2.45) is 0 Å². The first-order chi connectivity index (χ1) is 27.2. The Morgan fingerprint density at radius 3 is 1.78 bits per heavy atom. The largest absolute Gasteiger partial charge is 0.449 e. The maximum absolute atomic E-state index is 6.65. The van der Waals surface area contributed by atoms with Gasteiger partial charge in [0.15, 0.2) is 28.8 Å². The van der Waals surface area contributed by atoms with Crippen LogP contribution in [0, 0.1) is 0 Å². The number of fused-ring (bicyclic) bond motifs is 7. The topological polar surface area (TPSA) is 49.2 Å². The van der Waals surface area contributed by atoms with Crippen molar-refractivity contribution in [2.75, 3.05) is 0 Å². The van der Waals surface area contributed by atoms with Crippen molar-refractivity contribution in [3.8, 4) is 56.9 Å². The molecule has 55 heavy (non-hydrogen) atoms. The fourth-order valence-corrected chi connectivity index (χ4v) is 8.04. The van der Waals surface area contributed by atoms with Crippen LogP contribution in [0.2, 0.25) is 0 Å². The number of benzene rings is 7. The van der Waals surface area contributed by atoms with E-state index in [2.05, 4.69) is 114 Å². The van der Waals surface area contributed by atoms with Crippen LogP contribution in [-0.2, 0) is 0 Å². The summed E-state index contributed by atoms with van der Waals surface area (Å²) >= 11 is 0. The Hall–Kier alpha value is -7.24. The summed E-state index contributed by atoms with van der Waals surface area (Å²) in [5.74, 6) is 3.64. The molecule has 0 bridgehead atoms. The van der Waals surface area contributed by atoms with E-state index in [1.807, 2.05) is 66.7 Å². The molecule has 0 saturated carbocycles. The highest BCUT2D eigenvalue weighted by Crippen LogP contribution is 2.51. The summed E-state index contributed by atoms with van der Waals surface area (Å²) in [6.07, 6.45) is 6.33. The standard InChI is InChI=1S/C50H33N3O2/c1-3-11-34(12-4-1)42-31-43(52-50(51-42)36-13-5-2-6-14-36)35-21-19-32(20-22-35)33-23-25-39(26-24-33)53-44-30-38-16-8-7-15-37(38)29-41(44)40-27-28-47-49(48(40)53)55-46-18-10-9-17-45(46)54-47/h1-23,25,27-31H,24,26H2. The van der Waals surface area contributed by atoms with Crippen LogP contribution in [0.4, 0.5) is 0 Å². The van der Waals surface area contributed by atoms with Crippen molar-refractivity contribution >= 4 is 43.8 Å². The van der Waals surface area contributed by atoms with E-state index < -0.39 is 0 Å². The fourth-order valence-electron chi connectivity index (χ4n) is 8.04. The Bertz CT molecular complexity index is 2960. The first kappa shape index (κ1) is 31.3. The second-order valence-electron chi connectivity index (χ2n) is 14.1. The lowest BCUT2D eigenvalue weighted by Gasteiger charge is -2.23. The highest BCUT2D eigenvalue weighted by atomic mass is 16.6. The average molecular weight is 708 g/mol. The Kier molecular flexibility index (Phi) is 7.24. The SMILES string of the molecule is C1=C(c2ccc(-c3cc(-c4ccccc4)nc(-c4ccccc4)n3)cc2)CCC(n2c3cc4ccccc4cc3c3ccc4c(c32)Oc2ccccc2O4)=C1. The lowest BCUT2D eigenvalue weighted by molar-refractivity contribution is 0.362. The first-order valence-electron chi connectivity index (χ1n) is 18.7. The van der Waals surface area contributed by atoms with Crippen molar-refractivity contribution in [3.63, 3.8) is 0 Å². The van der Waals surface area contributed by atoms with Gasteiger partial charge in [-0.05, 0) is 83.3 Å². The van der Waals surface area contributed by atoms with Crippen molar-refractivity contribution < 1.29 is 9.47 Å². The minimum absolute atomic E-state index is 0.717. The van der Waals surface area contributed by atoms with Crippen LogP contribution < -0.4 is 9.47 Å². The molecule has 2 aliphatic rings. The summed E-state index contributed by atoms with van der Waals surface area (Å²) in [4.78, 5) is 10.00. The van der Waals surface area contributed by atoms with Gasteiger partial charge in [-0.2, -0.15) is 0 Å². The van der Waals surface area contributed by atoms with Crippen LogP contribution in [-0.4, -0.2) is 14.5 Å². The maximum atomic E-state index is 6.65. The molecule has 5 heteroatoms. The molecule has 0 atom stereocenters. The maximum Gasteiger partial charge on any atom is 0.194 e. The zero-order valence-corrected chi connectivity index (χ0v) is 29.8. The number of ether oxygens (including phenoxy) is 2. The van der Waals surface area contributed by atoms with Gasteiger partial charge in [-0.15, -0.1) is 0 Å². The van der Waals surface area contributed by atoms with Crippen LogP contribution in [0.5, 0.6) is 23.0 Å². The van der Waals surface area contributed by atoms with Crippen molar-refractivity contribution in [2.45, 2.75) is 12.8 Å². The quantitative estimate of drug-likeness (QED) is 0.179. The molecule has 2 aromatic heterocycles. The summed E-state index contributed by atoms with van der Waals surface area (Å²) in [7, 11) is 0. The van der Waals surface area contributed by atoms with Gasteiger partial charge in [0.2, 0.25) is 0 Å². The van der Waals surface area contributed by atoms with Gasteiger partial charge >= 0.3 is 0 Å². The molecule has 11 rings (SSSR count). The third-order valence-corrected chi connectivity index (χ3v) is 10.8. The van der Waals surface area contributed by atoms with Gasteiger partial charge in [0.05, 0.1) is 16.9 Å². The number of aromatic nitrogens is 3. The van der Waals surface area contributed by atoms with E-state index in [1.54, 1.807) is 0 Å². The molecule has 0 unspecified atom stereocenters. The normalized spacial score (nSPS) is 13.5. The Labute approximate surface area is 318 Å². The molecule has 0 fully saturated rings. The van der Waals surface area contributed by atoms with E-state index in [0.717, 1.165) is 80.3 Å². The van der Waals surface area contributed by atoms with Gasteiger partial charge in [0.1, 0.15) is 5.52 Å². The predicted octanol–water partition coefficient (Wildman–Crippen LogP) is 13.4. The summed E-state index contributed by atoms with van der Waals surface area (Å²) < 4.78 is 15.4. The molecule has 9 aromatic rings. The highest BCUT2D eigenvalue weighted by Gasteiger charge is 2.27. The van der Waals surface area contributed by atoms with Crippen LogP contribution in [0.15, 0.2) is 176 Å². The van der Waals surface area contributed by atoms with Crippen molar-refractivity contribution in [1.82, 2.24) is 14.5 Å². The van der Waals surface area contributed by atoms with E-state index in [4.69, 9.17) is 19.4 Å². The third-order valence-electron chi connectivity index (χ3n) is 10.8. The zero-order valence-electron chi connectivity index (χ0n) is 29.8. The average Bonchev–Trinajstić information content (AvgIpc) is 3.59. The minimum Gasteiger partial charge on any atom is -0.449 e. The molecule has 1 aliphatic carbocycles. The van der Waals surface area contributed by atoms with E-state index >= 15 is 0 Å². The van der Waals surface area contributed by atoms with Gasteiger partial charge in [0.25, 0.3) is 0 Å². The molecule has 5 nitrogen and oxygen atoms in total. The van der Waals surface area contributed by atoms with E-state index in [1.165, 1.54) is 33.0 Å². The van der Waals surface area contributed by atoms with Crippen molar-refractivity contribution in [1.29, 1.82) is 0 Å². The van der Waals surface area contributed by atoms with Crippen LogP contribution >= 0.6 is 0 Å². The summed E-state index contributed by atoms with van der Waals surface area (Å²) in [5, 5.41) is 4.76. The second kappa shape index (κ2) is 12.7. The first-order valence-corrected chi connectivity index (χ1v) is 18.7. The Morgan fingerprint density at radius 2 is 1.07 bits per heavy atom. The van der Waals surface area contributed by atoms with Crippen LogP contribution in [0.1, 0.15) is 18.4 Å². The highest BCUT2D eigenvalue weighted by molar-refractivity contribution is 6.16. The third kappa shape index (κ3) is 5.40. The number of nitrogens with zero attached hydrogens (tertiary/aromatic N) is 3. The van der Waals surface area contributed by atoms with Crippen molar-refractivity contribution in [3.05, 3.63) is 182 Å². The molecule has 0 amide bonds. The lowest BCUT2D eigenvalue weighted by atomic mass is 9.94. The molecule has 1 aliphatic heterocycles. The van der Waals surface area contributed by atoms with E-state index in [0.29, 0.717) is 5.82 Å². The number of hydrogen-bond donors (Lipinski definition) is 0. The summed E-state index contributed by atoms with van der Waals surface area (Å²) in [6, 6.07) is 56.7. The molecule has 3 heterocycles. The smallest absolute Gasteiger partial charge is 0.194 e. The van der Waals surface area contributed by atoms with Crippen LogP contribution in [0.3, 0.4) is 0 Å². The fraction of sp³-hybridized carbons (Fsp3) is 0.0400. The Morgan fingerprint density at radius 1 is 0.455 bits per heavy atom. The summed E-state index contributed by atoms with van der Waals surface area (Å²) in [6.45, 7) is 0. The van der Waals surface area contributed by atoms with Gasteiger partial charge in [-0.3, -0.25) is 0 Å². The molecule has 260 valence electrons. The minimum atomic E-state index is 0.717. The molecular formula is C50H33N3O2. The van der Waals surface area contributed by atoms with E-state index in [-0.39, 0.29) is 0 Å². The van der Waals surface area contributed by atoms with Gasteiger partial charge in [-0.1, -0.05) is 127 Å². The molecular weight excluding hydrogens is 675 g/mol. The number of para-hydroxylation sites is 2. The monoisotopic (exact) mass is 707 g/mol. The molecule has 0 saturated heterocycles. The zero-order chi connectivity index (χ0) is 36.3. The summed E-state index contributed by atoms with van der Waals surface area (Å²) in [5.41, 5.74) is 10.8. The Balaban J connectivity index is 0.989. The predicted molar refractivity (Wildman–Crippen MR) is 223 cm³/mol. The lowest BCUT2D eigenvalue weighted by Crippen LogP contribution is -2.04. The van der Waals surface area contributed by atoms with E-state index in [9.17, 15) is 0 Å². The number of allylic oxidation sites excluding steroid dienone is 4. The van der Waals surface area contributed by atoms with Crippen LogP contribution in [0.25, 0.3) is 77.8 Å². The molecule has 7 aromatic carbocycles. The molecule has 0 radical (unpaired) electrons. The molecule has 0 N–H and O–H groups in total. The second-order valence-corrected chi connectivity index (χ2v) is 14.1. The van der Waals surface area contributed by atoms with Gasteiger partial charge in [0, 0.05) is 33.2 Å². The van der Waals surface area contributed by atoms with Gasteiger partial charge < -0.3 is 14.0 Å². The number of hydrogen-bond acceptors (Lipinski definition) is 4. The number of rotatable bonds is 5. The van der Waals surface area contributed by atoms with Gasteiger partial charge in [-0.25, -0.2) is 9.97 Å².